The van der Waals surface area contributed by atoms with Crippen LogP contribution in [0.5, 0.6) is 5.75 Å². The molecule has 9 nitrogen and oxygen atoms in total. The average molecular weight is 508 g/mol. The normalized spacial score (nSPS) is 14.9. The summed E-state index contributed by atoms with van der Waals surface area (Å²) in [5, 5.41) is 8.86. The molecule has 0 saturated heterocycles. The van der Waals surface area contributed by atoms with Gasteiger partial charge in [-0.15, -0.1) is 0 Å². The Morgan fingerprint density at radius 3 is 2.54 bits per heavy atom. The van der Waals surface area contributed by atoms with Gasteiger partial charge < -0.3 is 24.3 Å². The first-order valence-corrected chi connectivity index (χ1v) is 11.9. The van der Waals surface area contributed by atoms with Crippen LogP contribution in [0.4, 0.5) is 14.9 Å². The molecular weight excluding hydrogens is 477 g/mol. The van der Waals surface area contributed by atoms with Crippen molar-refractivity contribution in [3.05, 3.63) is 83.9 Å². The highest BCUT2D eigenvalue weighted by atomic mass is 19.1. The molecule has 0 radical (unpaired) electrons. The summed E-state index contributed by atoms with van der Waals surface area (Å²) < 4.78 is 26.0. The topological polar surface area (TPSA) is 88.4 Å². The van der Waals surface area contributed by atoms with Gasteiger partial charge in [0.05, 0.1) is 36.9 Å². The second kappa shape index (κ2) is 11.7. The number of para-hydroxylation sites is 2. The van der Waals surface area contributed by atoms with Crippen molar-refractivity contribution in [1.82, 2.24) is 14.5 Å². The minimum absolute atomic E-state index is 0.187. The lowest BCUT2D eigenvalue weighted by Gasteiger charge is -2.27. The summed E-state index contributed by atoms with van der Waals surface area (Å²) in [6.07, 6.45) is 2.37. The molecule has 0 fully saturated rings. The van der Waals surface area contributed by atoms with E-state index < -0.39 is 12.1 Å². The molecular formula is C27H30FN5O4. The van der Waals surface area contributed by atoms with Gasteiger partial charge in [0.25, 0.3) is 5.91 Å². The molecule has 0 aliphatic carbocycles. The predicted octanol–water partition coefficient (Wildman–Crippen LogP) is 4.03. The first-order valence-electron chi connectivity index (χ1n) is 11.9. The molecule has 1 aromatic heterocycles. The number of nitrogens with one attached hydrogen (secondary N) is 1. The van der Waals surface area contributed by atoms with Crippen LogP contribution in [0.25, 0.3) is 0 Å². The molecule has 1 aliphatic rings. The number of aryl methyl sites for hydroxylation is 1. The number of anilines is 1. The third-order valence-electron chi connectivity index (χ3n) is 6.19. The Hall–Kier alpha value is -4.18. The number of halogens is 1. The van der Waals surface area contributed by atoms with E-state index in [-0.39, 0.29) is 31.4 Å². The molecule has 0 spiro atoms. The van der Waals surface area contributed by atoms with E-state index >= 15 is 0 Å². The molecule has 1 N–H and O–H groups in total. The number of methoxy groups -OCH3 is 2. The van der Waals surface area contributed by atoms with E-state index in [0.717, 1.165) is 17.0 Å². The van der Waals surface area contributed by atoms with Crippen molar-refractivity contribution in [1.29, 1.82) is 0 Å². The van der Waals surface area contributed by atoms with Gasteiger partial charge >= 0.3 is 6.03 Å². The van der Waals surface area contributed by atoms with Crippen LogP contribution in [0.1, 0.15) is 23.7 Å². The van der Waals surface area contributed by atoms with Gasteiger partial charge in [0, 0.05) is 33.3 Å². The van der Waals surface area contributed by atoms with Gasteiger partial charge in [0.15, 0.2) is 0 Å². The summed E-state index contributed by atoms with van der Waals surface area (Å²) in [5.74, 6) is -0.228. The van der Waals surface area contributed by atoms with Crippen molar-refractivity contribution in [2.45, 2.75) is 12.5 Å². The Morgan fingerprint density at radius 2 is 1.86 bits per heavy atom. The van der Waals surface area contributed by atoms with Crippen LogP contribution in [0.15, 0.2) is 72.0 Å². The zero-order chi connectivity index (χ0) is 26.4. The monoisotopic (exact) mass is 507 g/mol. The van der Waals surface area contributed by atoms with Gasteiger partial charge in [-0.3, -0.25) is 4.79 Å². The molecule has 0 bridgehead atoms. The van der Waals surface area contributed by atoms with Gasteiger partial charge in [-0.2, -0.15) is 5.10 Å². The Labute approximate surface area is 215 Å². The summed E-state index contributed by atoms with van der Waals surface area (Å²) in [7, 11) is 4.95. The summed E-state index contributed by atoms with van der Waals surface area (Å²) in [6.45, 7) is 0.199. The number of nitrogens with zero attached hydrogens (tertiary/aromatic N) is 4. The molecule has 0 unspecified atom stereocenters. The quantitative estimate of drug-likeness (QED) is 0.474. The minimum atomic E-state index is -0.473. The maximum absolute atomic E-state index is 13.6. The predicted molar refractivity (Wildman–Crippen MR) is 138 cm³/mol. The first-order chi connectivity index (χ1) is 17.9. The number of carbonyl (C=O) groups excluding carboxylic acids is 2. The largest absolute Gasteiger partial charge is 0.495 e. The van der Waals surface area contributed by atoms with E-state index in [1.54, 1.807) is 36.4 Å². The van der Waals surface area contributed by atoms with Gasteiger partial charge in [0.1, 0.15) is 18.1 Å². The van der Waals surface area contributed by atoms with Crippen molar-refractivity contribution in [3.63, 3.8) is 0 Å². The standard InChI is InChI=1S/C27H30FN5O4/c1-31-14-6-8-23(31)22-17-24(19-10-12-20(28)13-11-19)33(30-22)26(34)18-32(15-16-36-2)27(35)29-21-7-4-5-9-25(21)37-3/h4-14,24H,15-18H2,1-3H3,(H,29,35)/t24-/m1/s1. The van der Waals surface area contributed by atoms with Crippen LogP contribution in [0.2, 0.25) is 0 Å². The Balaban J connectivity index is 1.58. The molecule has 3 amide bonds. The van der Waals surface area contributed by atoms with E-state index in [0.29, 0.717) is 17.9 Å². The zero-order valence-corrected chi connectivity index (χ0v) is 21.1. The number of amides is 3. The van der Waals surface area contributed by atoms with Crippen LogP contribution in [-0.4, -0.2) is 66.0 Å². The number of aromatic nitrogens is 1. The lowest BCUT2D eigenvalue weighted by atomic mass is 10.0. The molecule has 1 aliphatic heterocycles. The SMILES string of the molecule is COCCN(CC(=O)N1N=C(c2cccn2C)C[C@@H]1c1ccc(F)cc1)C(=O)Nc1ccccc1OC. The number of hydrazone groups is 1. The van der Waals surface area contributed by atoms with Crippen LogP contribution in [0, 0.1) is 5.82 Å². The highest BCUT2D eigenvalue weighted by Gasteiger charge is 2.35. The summed E-state index contributed by atoms with van der Waals surface area (Å²) in [6, 6.07) is 16.0. The average Bonchev–Trinajstić information content (AvgIpc) is 3.53. The van der Waals surface area contributed by atoms with Crippen LogP contribution >= 0.6 is 0 Å². The molecule has 2 aromatic carbocycles. The van der Waals surface area contributed by atoms with E-state index in [1.807, 2.05) is 29.9 Å². The van der Waals surface area contributed by atoms with Crippen LogP contribution < -0.4 is 10.1 Å². The number of urea groups is 1. The maximum atomic E-state index is 13.6. The number of hydrogen-bond acceptors (Lipinski definition) is 5. The fraction of sp³-hybridized carbons (Fsp3) is 0.296. The van der Waals surface area contributed by atoms with Gasteiger partial charge in [-0.25, -0.2) is 14.2 Å². The van der Waals surface area contributed by atoms with Crippen LogP contribution in [0.3, 0.4) is 0 Å². The Bertz CT molecular complexity index is 1270. The number of rotatable bonds is 9. The van der Waals surface area contributed by atoms with Gasteiger partial charge in [0.2, 0.25) is 0 Å². The summed E-state index contributed by atoms with van der Waals surface area (Å²) >= 11 is 0. The Morgan fingerprint density at radius 1 is 1.11 bits per heavy atom. The lowest BCUT2D eigenvalue weighted by molar-refractivity contribution is -0.133. The second-order valence-corrected chi connectivity index (χ2v) is 8.61. The van der Waals surface area contributed by atoms with Crippen molar-refractivity contribution in [2.75, 3.05) is 39.2 Å². The minimum Gasteiger partial charge on any atom is -0.495 e. The summed E-state index contributed by atoms with van der Waals surface area (Å²) in [4.78, 5) is 28.1. The highest BCUT2D eigenvalue weighted by molar-refractivity contribution is 6.02. The number of ether oxygens (including phenoxy) is 2. The lowest BCUT2D eigenvalue weighted by Crippen LogP contribution is -2.44. The molecule has 194 valence electrons. The van der Waals surface area contributed by atoms with E-state index in [2.05, 4.69) is 10.4 Å². The number of hydrogen-bond donors (Lipinski definition) is 1. The molecule has 0 saturated carbocycles. The first kappa shape index (κ1) is 25.9. The van der Waals surface area contributed by atoms with Crippen molar-refractivity contribution in [2.24, 2.45) is 12.1 Å². The zero-order valence-electron chi connectivity index (χ0n) is 21.1. The smallest absolute Gasteiger partial charge is 0.322 e. The van der Waals surface area contributed by atoms with Gasteiger partial charge in [-0.1, -0.05) is 24.3 Å². The number of carbonyl (C=O) groups is 2. The second-order valence-electron chi connectivity index (χ2n) is 8.61. The van der Waals surface area contributed by atoms with Crippen molar-refractivity contribution in [3.8, 4) is 5.75 Å². The van der Waals surface area contributed by atoms with Crippen LogP contribution in [-0.2, 0) is 16.6 Å². The fourth-order valence-electron chi connectivity index (χ4n) is 4.23. The molecule has 2 heterocycles. The molecule has 37 heavy (non-hydrogen) atoms. The maximum Gasteiger partial charge on any atom is 0.322 e. The van der Waals surface area contributed by atoms with Crippen molar-refractivity contribution >= 4 is 23.3 Å². The van der Waals surface area contributed by atoms with Crippen molar-refractivity contribution < 1.29 is 23.5 Å². The fourth-order valence-corrected chi connectivity index (χ4v) is 4.23. The molecule has 1 atom stereocenters. The molecule has 3 aromatic rings. The molecule has 4 rings (SSSR count). The van der Waals surface area contributed by atoms with E-state index in [1.165, 1.54) is 36.3 Å². The highest BCUT2D eigenvalue weighted by Crippen LogP contribution is 2.33. The van der Waals surface area contributed by atoms with E-state index in [9.17, 15) is 14.0 Å². The Kier molecular flexibility index (Phi) is 8.19. The van der Waals surface area contributed by atoms with E-state index in [4.69, 9.17) is 9.47 Å². The third kappa shape index (κ3) is 5.97. The van der Waals surface area contributed by atoms with Gasteiger partial charge in [-0.05, 0) is 42.0 Å². The summed E-state index contributed by atoms with van der Waals surface area (Å²) in [5.41, 5.74) is 2.86. The number of benzene rings is 2. The molecule has 10 heteroatoms. The third-order valence-corrected chi connectivity index (χ3v) is 6.19.